The average Bonchev–Trinajstić information content (AvgIpc) is 3.10. The van der Waals surface area contributed by atoms with Gasteiger partial charge in [-0.25, -0.2) is 0 Å². The summed E-state index contributed by atoms with van der Waals surface area (Å²) in [5.74, 6) is 2.54. The van der Waals surface area contributed by atoms with Gasteiger partial charge in [0.25, 0.3) is 0 Å². The molecule has 0 aromatic heterocycles. The maximum Gasteiger partial charge on any atom is 0.156 e. The number of benzene rings is 1. The van der Waals surface area contributed by atoms with Crippen LogP contribution in [0.3, 0.4) is 0 Å². The van der Waals surface area contributed by atoms with Crippen molar-refractivity contribution in [3.8, 4) is 0 Å². The van der Waals surface area contributed by atoms with Crippen LogP contribution < -0.4 is 0 Å². The lowest BCUT2D eigenvalue weighted by molar-refractivity contribution is -0.114. The van der Waals surface area contributed by atoms with Crippen LogP contribution in [0, 0.1) is 17.3 Å². The number of carbonyl (C=O) groups is 1. The summed E-state index contributed by atoms with van der Waals surface area (Å²) >= 11 is 0. The Hall–Kier alpha value is -1.63. The van der Waals surface area contributed by atoms with Crippen molar-refractivity contribution >= 4 is 5.78 Å². The van der Waals surface area contributed by atoms with E-state index >= 15 is 0 Å². The lowest BCUT2D eigenvalue weighted by atomic mass is 9.53. The van der Waals surface area contributed by atoms with Gasteiger partial charge in [-0.2, -0.15) is 0 Å². The minimum absolute atomic E-state index is 0.343. The van der Waals surface area contributed by atoms with Crippen LogP contribution in [0.1, 0.15) is 83.6 Å². The molecule has 0 spiro atoms. The maximum atomic E-state index is 12.0. The summed E-state index contributed by atoms with van der Waals surface area (Å²) in [6, 6.07) is 11.2. The number of carbonyl (C=O) groups excluding carboxylic acids is 1. The molecule has 0 radical (unpaired) electrons. The van der Waals surface area contributed by atoms with E-state index in [1.54, 1.807) is 11.1 Å². The largest absolute Gasteiger partial charge is 0.295 e. The van der Waals surface area contributed by atoms with Crippen molar-refractivity contribution in [2.75, 3.05) is 0 Å². The average molecular weight is 363 g/mol. The highest BCUT2D eigenvalue weighted by atomic mass is 16.1. The van der Waals surface area contributed by atoms with Crippen molar-refractivity contribution in [1.82, 2.24) is 0 Å². The molecule has 4 aliphatic carbocycles. The Morgan fingerprint density at radius 2 is 1.78 bits per heavy atom. The van der Waals surface area contributed by atoms with Crippen LogP contribution in [-0.2, 0) is 4.79 Å². The van der Waals surface area contributed by atoms with Crippen LogP contribution in [0.4, 0.5) is 0 Å². The van der Waals surface area contributed by atoms with Gasteiger partial charge < -0.3 is 0 Å². The van der Waals surface area contributed by atoms with Gasteiger partial charge in [0.1, 0.15) is 0 Å². The molecule has 4 aliphatic rings. The minimum Gasteiger partial charge on any atom is -0.295 e. The fraction of sp³-hybridized carbons (Fsp3) is 0.577. The fourth-order valence-electron chi connectivity index (χ4n) is 6.65. The van der Waals surface area contributed by atoms with Crippen molar-refractivity contribution in [2.45, 2.75) is 78.1 Å². The monoisotopic (exact) mass is 362 g/mol. The Kier molecular flexibility index (Phi) is 5.14. The zero-order chi connectivity index (χ0) is 19.0. The number of rotatable bonds is 1. The first-order chi connectivity index (χ1) is 13.2. The third-order valence-corrected chi connectivity index (χ3v) is 7.71. The molecule has 1 nitrogen and oxygen atoms in total. The SMILES string of the molecule is CC.C[C@@]12CCCC1C1CCC3=CC(=O)CCC3=C1C(c1ccccc1)C2. The topological polar surface area (TPSA) is 17.1 Å². The molecule has 0 bridgehead atoms. The molecular weight excluding hydrogens is 328 g/mol. The maximum absolute atomic E-state index is 12.0. The van der Waals surface area contributed by atoms with Gasteiger partial charge in [0.2, 0.25) is 0 Å². The molecular formula is C26H34O. The predicted octanol–water partition coefficient (Wildman–Crippen LogP) is 7.00. The van der Waals surface area contributed by atoms with Crippen LogP contribution >= 0.6 is 0 Å². The molecule has 5 rings (SSSR count). The summed E-state index contributed by atoms with van der Waals surface area (Å²) in [6.45, 7) is 6.57. The highest BCUT2D eigenvalue weighted by molar-refractivity contribution is 5.93. The Labute approximate surface area is 164 Å². The number of allylic oxidation sites excluding steroid dienone is 4. The molecule has 144 valence electrons. The molecule has 1 heteroatoms. The van der Waals surface area contributed by atoms with E-state index in [4.69, 9.17) is 0 Å². The van der Waals surface area contributed by atoms with Gasteiger partial charge in [0.05, 0.1) is 0 Å². The van der Waals surface area contributed by atoms with Crippen molar-refractivity contribution < 1.29 is 4.79 Å². The van der Waals surface area contributed by atoms with Gasteiger partial charge in [-0.05, 0) is 78.6 Å². The normalized spacial score (nSPS) is 34.7. The number of hydrogen-bond acceptors (Lipinski definition) is 1. The van der Waals surface area contributed by atoms with E-state index < -0.39 is 0 Å². The summed E-state index contributed by atoms with van der Waals surface area (Å²) in [4.78, 5) is 12.0. The van der Waals surface area contributed by atoms with Gasteiger partial charge in [0.15, 0.2) is 5.78 Å². The predicted molar refractivity (Wildman–Crippen MR) is 113 cm³/mol. The number of ketones is 1. The minimum atomic E-state index is 0.343. The first-order valence-corrected chi connectivity index (χ1v) is 11.2. The standard InChI is InChI=1S/C24H28O.C2H6/c1-24-13-5-8-22(24)20-11-9-17-14-18(25)10-12-19(17)23(20)21(15-24)16-6-3-2-4-7-16;1-2/h2-4,6-7,14,20-22H,5,8-13,15H2,1H3;1-2H3/t20?,21?,22?,24-;/m0./s1. The van der Waals surface area contributed by atoms with E-state index in [1.165, 1.54) is 43.2 Å². The quantitative estimate of drug-likeness (QED) is 0.525. The van der Waals surface area contributed by atoms with Crippen LogP contribution in [0.15, 0.2) is 53.1 Å². The van der Waals surface area contributed by atoms with Crippen LogP contribution in [0.2, 0.25) is 0 Å². The molecule has 0 heterocycles. The smallest absolute Gasteiger partial charge is 0.156 e. The Morgan fingerprint density at radius 3 is 2.56 bits per heavy atom. The number of fused-ring (bicyclic) bond motifs is 4. The van der Waals surface area contributed by atoms with Gasteiger partial charge in [-0.15, -0.1) is 0 Å². The molecule has 27 heavy (non-hydrogen) atoms. The lowest BCUT2D eigenvalue weighted by Gasteiger charge is -2.51. The highest BCUT2D eigenvalue weighted by Crippen LogP contribution is 2.63. The second-order valence-corrected chi connectivity index (χ2v) is 9.04. The van der Waals surface area contributed by atoms with Gasteiger partial charge in [-0.1, -0.05) is 63.1 Å². The molecule has 0 amide bonds. The van der Waals surface area contributed by atoms with E-state index in [1.807, 2.05) is 19.9 Å². The third-order valence-electron chi connectivity index (χ3n) is 7.71. The van der Waals surface area contributed by atoms with Crippen molar-refractivity contribution in [2.24, 2.45) is 17.3 Å². The zero-order valence-corrected chi connectivity index (χ0v) is 17.3. The molecule has 0 aliphatic heterocycles. The van der Waals surface area contributed by atoms with Crippen molar-refractivity contribution in [1.29, 1.82) is 0 Å². The van der Waals surface area contributed by atoms with E-state index in [-0.39, 0.29) is 0 Å². The van der Waals surface area contributed by atoms with E-state index in [2.05, 4.69) is 37.3 Å². The third kappa shape index (κ3) is 3.13. The molecule has 2 fully saturated rings. The Balaban J connectivity index is 0.000000872. The van der Waals surface area contributed by atoms with E-state index in [9.17, 15) is 4.79 Å². The van der Waals surface area contributed by atoms with Crippen molar-refractivity contribution in [3.63, 3.8) is 0 Å². The van der Waals surface area contributed by atoms with Crippen LogP contribution in [0.5, 0.6) is 0 Å². The molecule has 1 aromatic rings. The zero-order valence-electron chi connectivity index (χ0n) is 17.3. The Morgan fingerprint density at radius 1 is 1.00 bits per heavy atom. The molecule has 0 N–H and O–H groups in total. The first kappa shape index (κ1) is 18.7. The second-order valence-electron chi connectivity index (χ2n) is 9.04. The number of hydrogen-bond donors (Lipinski definition) is 0. The molecule has 2 saturated carbocycles. The Bertz CT molecular complexity index is 769. The molecule has 1 aromatic carbocycles. The summed E-state index contributed by atoms with van der Waals surface area (Å²) in [5.41, 5.74) is 6.71. The van der Waals surface area contributed by atoms with Crippen molar-refractivity contribution in [3.05, 3.63) is 58.7 Å². The molecule has 0 saturated heterocycles. The summed E-state index contributed by atoms with van der Waals surface area (Å²) < 4.78 is 0. The molecule has 4 atom stereocenters. The second kappa shape index (κ2) is 7.41. The van der Waals surface area contributed by atoms with Crippen LogP contribution in [-0.4, -0.2) is 5.78 Å². The van der Waals surface area contributed by atoms with Gasteiger partial charge in [0, 0.05) is 12.3 Å². The molecule has 3 unspecified atom stereocenters. The highest BCUT2D eigenvalue weighted by Gasteiger charge is 2.52. The summed E-state index contributed by atoms with van der Waals surface area (Å²) in [7, 11) is 0. The van der Waals surface area contributed by atoms with E-state index in [0.717, 1.165) is 31.1 Å². The summed E-state index contributed by atoms with van der Waals surface area (Å²) in [5, 5.41) is 0. The van der Waals surface area contributed by atoms with E-state index in [0.29, 0.717) is 17.1 Å². The van der Waals surface area contributed by atoms with Gasteiger partial charge in [-0.3, -0.25) is 4.79 Å². The summed E-state index contributed by atoms with van der Waals surface area (Å²) in [6.07, 6.45) is 11.6. The van der Waals surface area contributed by atoms with Crippen LogP contribution in [0.25, 0.3) is 0 Å². The van der Waals surface area contributed by atoms with Gasteiger partial charge >= 0.3 is 0 Å². The fourth-order valence-corrected chi connectivity index (χ4v) is 6.65. The first-order valence-electron chi connectivity index (χ1n) is 11.2. The lowest BCUT2D eigenvalue weighted by Crippen LogP contribution is -2.40.